The lowest BCUT2D eigenvalue weighted by atomic mass is 10.0. The first-order chi connectivity index (χ1) is 6.69. The van der Waals surface area contributed by atoms with Crippen molar-refractivity contribution < 1.29 is 9.84 Å². The molecule has 0 heterocycles. The molecule has 0 radical (unpaired) electrons. The summed E-state index contributed by atoms with van der Waals surface area (Å²) in [4.78, 5) is 0. The Labute approximate surface area is 84.7 Å². The van der Waals surface area contributed by atoms with E-state index in [1.54, 1.807) is 19.2 Å². The van der Waals surface area contributed by atoms with Crippen molar-refractivity contribution >= 4 is 0 Å². The lowest BCUT2D eigenvalue weighted by molar-refractivity contribution is 0.373. The molecule has 1 aromatic rings. The molecule has 0 saturated heterocycles. The summed E-state index contributed by atoms with van der Waals surface area (Å²) >= 11 is 0. The molecule has 1 rings (SSSR count). The first-order valence-corrected chi connectivity index (χ1v) is 4.70. The van der Waals surface area contributed by atoms with Crippen molar-refractivity contribution in [3.63, 3.8) is 0 Å². The molecule has 0 bridgehead atoms. The maximum atomic E-state index is 9.56. The van der Waals surface area contributed by atoms with E-state index < -0.39 is 0 Å². The van der Waals surface area contributed by atoms with Gasteiger partial charge >= 0.3 is 0 Å². The summed E-state index contributed by atoms with van der Waals surface area (Å²) in [6.45, 7) is 3.00. The highest BCUT2D eigenvalue weighted by molar-refractivity contribution is 5.42. The largest absolute Gasteiger partial charge is 0.504 e. The number of rotatable bonds is 4. The van der Waals surface area contributed by atoms with Gasteiger partial charge in [-0.05, 0) is 30.7 Å². The molecule has 0 aliphatic rings. The standard InChI is InChI=1S/C11H17NO2/c1-8(7-12-2)9-4-5-11(14-3)10(13)6-9/h4-6,8,12-13H,7H2,1-3H3. The van der Waals surface area contributed by atoms with Crippen LogP contribution in [-0.4, -0.2) is 25.8 Å². The minimum atomic E-state index is 0.202. The molecule has 3 heteroatoms. The average Bonchev–Trinajstić information content (AvgIpc) is 2.18. The second-order valence-corrected chi connectivity index (χ2v) is 3.39. The first kappa shape index (κ1) is 10.9. The molecule has 0 aliphatic heterocycles. The predicted octanol–water partition coefficient (Wildman–Crippen LogP) is 1.72. The van der Waals surface area contributed by atoms with Crippen LogP contribution in [0.4, 0.5) is 0 Å². The van der Waals surface area contributed by atoms with Crippen molar-refractivity contribution in [2.45, 2.75) is 12.8 Å². The monoisotopic (exact) mass is 195 g/mol. The number of nitrogens with one attached hydrogen (secondary N) is 1. The second kappa shape index (κ2) is 4.86. The van der Waals surface area contributed by atoms with Gasteiger partial charge in [0.2, 0.25) is 0 Å². The van der Waals surface area contributed by atoms with E-state index in [0.29, 0.717) is 11.7 Å². The smallest absolute Gasteiger partial charge is 0.160 e. The molecule has 0 saturated carbocycles. The van der Waals surface area contributed by atoms with Gasteiger partial charge in [0.05, 0.1) is 7.11 Å². The molecule has 78 valence electrons. The number of hydrogen-bond acceptors (Lipinski definition) is 3. The van der Waals surface area contributed by atoms with Gasteiger partial charge in [0.25, 0.3) is 0 Å². The fraction of sp³-hybridized carbons (Fsp3) is 0.455. The quantitative estimate of drug-likeness (QED) is 0.768. The van der Waals surface area contributed by atoms with Crippen LogP contribution in [-0.2, 0) is 0 Å². The Morgan fingerprint density at radius 3 is 2.71 bits per heavy atom. The molecule has 1 aromatic carbocycles. The Balaban J connectivity index is 2.85. The van der Waals surface area contributed by atoms with Gasteiger partial charge in [-0.1, -0.05) is 13.0 Å². The minimum absolute atomic E-state index is 0.202. The zero-order valence-corrected chi connectivity index (χ0v) is 8.87. The van der Waals surface area contributed by atoms with Gasteiger partial charge in [0, 0.05) is 6.54 Å². The third-order valence-electron chi connectivity index (χ3n) is 2.28. The fourth-order valence-electron chi connectivity index (χ4n) is 1.44. The van der Waals surface area contributed by atoms with Crippen molar-refractivity contribution in [2.75, 3.05) is 20.7 Å². The van der Waals surface area contributed by atoms with E-state index in [2.05, 4.69) is 12.2 Å². The number of benzene rings is 1. The van der Waals surface area contributed by atoms with Crippen LogP contribution >= 0.6 is 0 Å². The van der Waals surface area contributed by atoms with Crippen molar-refractivity contribution in [1.82, 2.24) is 5.32 Å². The summed E-state index contributed by atoms with van der Waals surface area (Å²) in [6, 6.07) is 5.51. The lowest BCUT2D eigenvalue weighted by Crippen LogP contribution is -2.14. The molecular formula is C11H17NO2. The molecule has 14 heavy (non-hydrogen) atoms. The Morgan fingerprint density at radius 2 is 2.21 bits per heavy atom. The Bertz CT molecular complexity index is 299. The first-order valence-electron chi connectivity index (χ1n) is 4.70. The summed E-state index contributed by atoms with van der Waals surface area (Å²) in [5.74, 6) is 1.11. The van der Waals surface area contributed by atoms with E-state index in [9.17, 15) is 5.11 Å². The van der Waals surface area contributed by atoms with Crippen molar-refractivity contribution in [1.29, 1.82) is 0 Å². The van der Waals surface area contributed by atoms with E-state index in [4.69, 9.17) is 4.74 Å². The number of phenolic OH excluding ortho intramolecular Hbond substituents is 1. The normalized spacial score (nSPS) is 12.5. The van der Waals surface area contributed by atoms with E-state index >= 15 is 0 Å². The van der Waals surface area contributed by atoms with Crippen molar-refractivity contribution in [3.8, 4) is 11.5 Å². The van der Waals surface area contributed by atoms with Crippen LogP contribution in [0.5, 0.6) is 11.5 Å². The van der Waals surface area contributed by atoms with E-state index in [1.165, 1.54) is 0 Å². The highest BCUT2D eigenvalue weighted by Gasteiger charge is 2.07. The Kier molecular flexibility index (Phi) is 3.77. The summed E-state index contributed by atoms with van der Waals surface area (Å²) in [5, 5.41) is 12.7. The number of likely N-dealkylation sites (N-methyl/N-ethyl adjacent to an activating group) is 1. The number of hydrogen-bond donors (Lipinski definition) is 2. The molecule has 0 spiro atoms. The summed E-state index contributed by atoms with van der Waals surface area (Å²) in [7, 11) is 3.46. The molecule has 1 unspecified atom stereocenters. The van der Waals surface area contributed by atoms with Gasteiger partial charge in [0.1, 0.15) is 0 Å². The van der Waals surface area contributed by atoms with Crippen LogP contribution in [0.15, 0.2) is 18.2 Å². The van der Waals surface area contributed by atoms with Crippen LogP contribution in [0, 0.1) is 0 Å². The van der Waals surface area contributed by atoms with Crippen molar-refractivity contribution in [2.24, 2.45) is 0 Å². The second-order valence-electron chi connectivity index (χ2n) is 3.39. The van der Waals surface area contributed by atoms with E-state index in [-0.39, 0.29) is 5.75 Å². The SMILES string of the molecule is CNCC(C)c1ccc(OC)c(O)c1. The number of ether oxygens (including phenoxy) is 1. The van der Waals surface area contributed by atoms with Crippen LogP contribution < -0.4 is 10.1 Å². The molecule has 0 amide bonds. The minimum Gasteiger partial charge on any atom is -0.504 e. The van der Waals surface area contributed by atoms with Crippen LogP contribution in [0.3, 0.4) is 0 Å². The van der Waals surface area contributed by atoms with Gasteiger partial charge in [-0.15, -0.1) is 0 Å². The maximum Gasteiger partial charge on any atom is 0.160 e. The van der Waals surface area contributed by atoms with Crippen LogP contribution in [0.2, 0.25) is 0 Å². The van der Waals surface area contributed by atoms with Gasteiger partial charge in [0.15, 0.2) is 11.5 Å². The number of methoxy groups -OCH3 is 1. The number of aromatic hydroxyl groups is 1. The molecule has 0 fully saturated rings. The molecule has 3 nitrogen and oxygen atoms in total. The van der Waals surface area contributed by atoms with Crippen LogP contribution in [0.25, 0.3) is 0 Å². The van der Waals surface area contributed by atoms with Gasteiger partial charge in [-0.3, -0.25) is 0 Å². The molecule has 0 aromatic heterocycles. The van der Waals surface area contributed by atoms with Crippen LogP contribution in [0.1, 0.15) is 18.4 Å². The maximum absolute atomic E-state index is 9.56. The zero-order valence-electron chi connectivity index (χ0n) is 8.87. The third kappa shape index (κ3) is 2.39. The lowest BCUT2D eigenvalue weighted by Gasteiger charge is -2.12. The Morgan fingerprint density at radius 1 is 1.50 bits per heavy atom. The summed E-state index contributed by atoms with van der Waals surface area (Å²) in [6.07, 6.45) is 0. The van der Waals surface area contributed by atoms with Crippen molar-refractivity contribution in [3.05, 3.63) is 23.8 Å². The highest BCUT2D eigenvalue weighted by atomic mass is 16.5. The topological polar surface area (TPSA) is 41.5 Å². The van der Waals surface area contributed by atoms with Gasteiger partial charge in [-0.25, -0.2) is 0 Å². The Hall–Kier alpha value is -1.22. The summed E-state index contributed by atoms with van der Waals surface area (Å²) < 4.78 is 4.97. The van der Waals surface area contributed by atoms with E-state index in [1.807, 2.05) is 13.1 Å². The molecule has 0 aliphatic carbocycles. The predicted molar refractivity (Wildman–Crippen MR) is 57.0 cm³/mol. The van der Waals surface area contributed by atoms with E-state index in [0.717, 1.165) is 12.1 Å². The average molecular weight is 195 g/mol. The zero-order chi connectivity index (χ0) is 10.6. The fourth-order valence-corrected chi connectivity index (χ4v) is 1.44. The molecule has 2 N–H and O–H groups in total. The highest BCUT2D eigenvalue weighted by Crippen LogP contribution is 2.29. The molecular weight excluding hydrogens is 178 g/mol. The van der Waals surface area contributed by atoms with Gasteiger partial charge < -0.3 is 15.2 Å². The van der Waals surface area contributed by atoms with Gasteiger partial charge in [-0.2, -0.15) is 0 Å². The number of phenols is 1. The summed E-state index contributed by atoms with van der Waals surface area (Å²) in [5.41, 5.74) is 1.11. The third-order valence-corrected chi connectivity index (χ3v) is 2.28. The molecule has 1 atom stereocenters.